The van der Waals surface area contributed by atoms with Gasteiger partial charge in [0.2, 0.25) is 0 Å². The lowest BCUT2D eigenvalue weighted by Crippen LogP contribution is -2.24. The molecule has 0 aromatic carbocycles. The average molecular weight is 243 g/mol. The summed E-state index contributed by atoms with van der Waals surface area (Å²) in [4.78, 5) is 4.31. The summed E-state index contributed by atoms with van der Waals surface area (Å²) in [6.07, 6.45) is 9.43. The quantitative estimate of drug-likeness (QED) is 0.893. The molecule has 2 atom stereocenters. The molecule has 2 heterocycles. The summed E-state index contributed by atoms with van der Waals surface area (Å²) in [6.45, 7) is 3.47. The molecule has 0 bridgehead atoms. The molecule has 1 aliphatic carbocycles. The summed E-state index contributed by atoms with van der Waals surface area (Å²) in [5.41, 5.74) is 1.01. The lowest BCUT2D eigenvalue weighted by Gasteiger charge is -2.29. The zero-order valence-electron chi connectivity index (χ0n) is 11.0. The predicted molar refractivity (Wildman–Crippen MR) is 74.8 cm³/mol. The highest BCUT2D eigenvalue weighted by molar-refractivity contribution is 5.49. The number of imidazole rings is 1. The highest BCUT2D eigenvalue weighted by Crippen LogP contribution is 2.29. The molecule has 0 spiro atoms. The highest BCUT2D eigenvalue weighted by atomic mass is 15.1. The SMILES string of the molecule is CC1CCCCC1CNc1cccc2nccn12. The van der Waals surface area contributed by atoms with Crippen LogP contribution in [0, 0.1) is 11.8 Å². The second-order valence-electron chi connectivity index (χ2n) is 5.47. The topological polar surface area (TPSA) is 29.3 Å². The maximum absolute atomic E-state index is 4.31. The number of pyridine rings is 1. The summed E-state index contributed by atoms with van der Waals surface area (Å²) in [5.74, 6) is 2.83. The fraction of sp³-hybridized carbons (Fsp3) is 0.533. The number of fused-ring (bicyclic) bond motifs is 1. The van der Waals surface area contributed by atoms with E-state index in [0.29, 0.717) is 0 Å². The molecule has 1 N–H and O–H groups in total. The molecule has 0 amide bonds. The molecule has 1 saturated carbocycles. The van der Waals surface area contributed by atoms with Crippen molar-refractivity contribution in [2.24, 2.45) is 11.8 Å². The summed E-state index contributed by atoms with van der Waals surface area (Å²) < 4.78 is 2.12. The maximum Gasteiger partial charge on any atom is 0.138 e. The van der Waals surface area contributed by atoms with Crippen molar-refractivity contribution in [1.29, 1.82) is 0 Å². The molecule has 18 heavy (non-hydrogen) atoms. The van der Waals surface area contributed by atoms with Crippen LogP contribution in [-0.2, 0) is 0 Å². The highest BCUT2D eigenvalue weighted by Gasteiger charge is 2.20. The molecule has 1 fully saturated rings. The van der Waals surface area contributed by atoms with E-state index < -0.39 is 0 Å². The van der Waals surface area contributed by atoms with Gasteiger partial charge in [-0.1, -0.05) is 32.3 Å². The van der Waals surface area contributed by atoms with Crippen molar-refractivity contribution in [2.75, 3.05) is 11.9 Å². The molecule has 96 valence electrons. The second-order valence-corrected chi connectivity index (χ2v) is 5.47. The molecule has 0 radical (unpaired) electrons. The van der Waals surface area contributed by atoms with Crippen molar-refractivity contribution in [3.05, 3.63) is 30.6 Å². The smallest absolute Gasteiger partial charge is 0.138 e. The van der Waals surface area contributed by atoms with Gasteiger partial charge >= 0.3 is 0 Å². The van der Waals surface area contributed by atoms with Crippen LogP contribution in [0.5, 0.6) is 0 Å². The van der Waals surface area contributed by atoms with Gasteiger partial charge < -0.3 is 5.32 Å². The van der Waals surface area contributed by atoms with Crippen molar-refractivity contribution in [3.63, 3.8) is 0 Å². The first-order chi connectivity index (χ1) is 8.84. The van der Waals surface area contributed by atoms with Crippen LogP contribution in [0.25, 0.3) is 5.65 Å². The van der Waals surface area contributed by atoms with Gasteiger partial charge in [0.15, 0.2) is 0 Å². The van der Waals surface area contributed by atoms with E-state index in [-0.39, 0.29) is 0 Å². The van der Waals surface area contributed by atoms with Crippen LogP contribution in [0.4, 0.5) is 5.82 Å². The fourth-order valence-electron chi connectivity index (χ4n) is 3.02. The lowest BCUT2D eigenvalue weighted by atomic mass is 9.80. The summed E-state index contributed by atoms with van der Waals surface area (Å²) in [6, 6.07) is 6.23. The van der Waals surface area contributed by atoms with Crippen LogP contribution in [0.15, 0.2) is 30.6 Å². The monoisotopic (exact) mass is 243 g/mol. The summed E-state index contributed by atoms with van der Waals surface area (Å²) in [5, 5.41) is 3.60. The van der Waals surface area contributed by atoms with E-state index in [2.05, 4.69) is 33.8 Å². The first-order valence-electron chi connectivity index (χ1n) is 7.00. The largest absolute Gasteiger partial charge is 0.371 e. The van der Waals surface area contributed by atoms with E-state index in [1.165, 1.54) is 25.7 Å². The number of aromatic nitrogens is 2. The molecule has 3 rings (SSSR count). The molecule has 2 aromatic heterocycles. The Hall–Kier alpha value is -1.51. The minimum absolute atomic E-state index is 0.817. The lowest BCUT2D eigenvalue weighted by molar-refractivity contribution is 0.268. The van der Waals surface area contributed by atoms with Gasteiger partial charge in [-0.2, -0.15) is 0 Å². The molecule has 3 heteroatoms. The first-order valence-corrected chi connectivity index (χ1v) is 7.00. The maximum atomic E-state index is 4.31. The first kappa shape index (κ1) is 11.6. The van der Waals surface area contributed by atoms with E-state index >= 15 is 0 Å². The van der Waals surface area contributed by atoms with Crippen LogP contribution in [0.3, 0.4) is 0 Å². The van der Waals surface area contributed by atoms with Gasteiger partial charge in [-0.05, 0) is 30.4 Å². The van der Waals surface area contributed by atoms with Crippen molar-refractivity contribution >= 4 is 11.5 Å². The number of rotatable bonds is 3. The summed E-state index contributed by atoms with van der Waals surface area (Å²) >= 11 is 0. The van der Waals surface area contributed by atoms with Gasteiger partial charge in [-0.15, -0.1) is 0 Å². The Morgan fingerprint density at radius 3 is 3.11 bits per heavy atom. The number of hydrogen-bond acceptors (Lipinski definition) is 2. The molecule has 1 aliphatic rings. The van der Waals surface area contributed by atoms with E-state index in [1.807, 2.05) is 18.5 Å². The molecule has 2 unspecified atom stereocenters. The minimum atomic E-state index is 0.817. The Kier molecular flexibility index (Phi) is 3.22. The number of anilines is 1. The standard InChI is InChI=1S/C15H21N3/c1-12-5-2-3-6-13(12)11-17-15-8-4-7-14-16-9-10-18(14)15/h4,7-10,12-13,17H,2-3,5-6,11H2,1H3. The van der Waals surface area contributed by atoms with E-state index in [4.69, 9.17) is 0 Å². The van der Waals surface area contributed by atoms with Crippen molar-refractivity contribution in [3.8, 4) is 0 Å². The third-order valence-electron chi connectivity index (χ3n) is 4.26. The Bertz CT molecular complexity index is 517. The van der Waals surface area contributed by atoms with Crippen LogP contribution >= 0.6 is 0 Å². The Morgan fingerprint density at radius 1 is 1.33 bits per heavy atom. The van der Waals surface area contributed by atoms with E-state index in [1.54, 1.807) is 0 Å². The number of nitrogens with one attached hydrogen (secondary N) is 1. The zero-order valence-corrected chi connectivity index (χ0v) is 11.0. The van der Waals surface area contributed by atoms with Gasteiger partial charge in [0.25, 0.3) is 0 Å². The van der Waals surface area contributed by atoms with Crippen molar-refractivity contribution < 1.29 is 0 Å². The third kappa shape index (κ3) is 2.22. The van der Waals surface area contributed by atoms with Crippen molar-refractivity contribution in [2.45, 2.75) is 32.6 Å². The molecule has 0 saturated heterocycles. The second kappa shape index (κ2) is 5.01. The van der Waals surface area contributed by atoms with Crippen LogP contribution in [0.2, 0.25) is 0 Å². The molecule has 3 nitrogen and oxygen atoms in total. The fourth-order valence-corrected chi connectivity index (χ4v) is 3.02. The Balaban J connectivity index is 1.71. The van der Waals surface area contributed by atoms with Crippen LogP contribution < -0.4 is 5.32 Å². The Morgan fingerprint density at radius 2 is 2.22 bits per heavy atom. The van der Waals surface area contributed by atoms with E-state index in [9.17, 15) is 0 Å². The molecular weight excluding hydrogens is 222 g/mol. The van der Waals surface area contributed by atoms with Gasteiger partial charge in [-0.3, -0.25) is 4.40 Å². The van der Waals surface area contributed by atoms with Gasteiger partial charge in [0.1, 0.15) is 11.5 Å². The van der Waals surface area contributed by atoms with Crippen molar-refractivity contribution in [1.82, 2.24) is 9.38 Å². The number of nitrogens with zero attached hydrogens (tertiary/aromatic N) is 2. The zero-order chi connectivity index (χ0) is 12.4. The average Bonchev–Trinajstić information content (AvgIpc) is 2.86. The van der Waals surface area contributed by atoms with E-state index in [0.717, 1.165) is 29.8 Å². The number of hydrogen-bond donors (Lipinski definition) is 1. The Labute approximate surface area is 108 Å². The molecule has 0 aliphatic heterocycles. The van der Waals surface area contributed by atoms with Gasteiger partial charge in [-0.25, -0.2) is 4.98 Å². The minimum Gasteiger partial charge on any atom is -0.371 e. The van der Waals surface area contributed by atoms with Crippen LogP contribution in [-0.4, -0.2) is 15.9 Å². The summed E-state index contributed by atoms with van der Waals surface area (Å²) in [7, 11) is 0. The van der Waals surface area contributed by atoms with Gasteiger partial charge in [0, 0.05) is 18.9 Å². The molecule has 2 aromatic rings. The van der Waals surface area contributed by atoms with Crippen LogP contribution in [0.1, 0.15) is 32.6 Å². The predicted octanol–water partition coefficient (Wildman–Crippen LogP) is 3.57. The third-order valence-corrected chi connectivity index (χ3v) is 4.26. The van der Waals surface area contributed by atoms with Gasteiger partial charge in [0.05, 0.1) is 0 Å². The normalized spacial score (nSPS) is 24.3. The molecular formula is C15H21N3.